The summed E-state index contributed by atoms with van der Waals surface area (Å²) in [6, 6.07) is 6.83. The van der Waals surface area contributed by atoms with E-state index in [0.29, 0.717) is 35.4 Å². The highest BCUT2D eigenvalue weighted by molar-refractivity contribution is 6.31. The second-order valence-electron chi connectivity index (χ2n) is 8.65. The second kappa shape index (κ2) is 10.9. The molecule has 1 aliphatic rings. The molecule has 1 atom stereocenters. The van der Waals surface area contributed by atoms with Gasteiger partial charge in [-0.15, -0.1) is 0 Å². The lowest BCUT2D eigenvalue weighted by atomic mass is 10.1. The lowest BCUT2D eigenvalue weighted by Crippen LogP contribution is -2.39. The molecule has 2 amide bonds. The van der Waals surface area contributed by atoms with Gasteiger partial charge in [0.25, 0.3) is 5.91 Å². The van der Waals surface area contributed by atoms with Crippen LogP contribution in [0.15, 0.2) is 24.3 Å². The van der Waals surface area contributed by atoms with Gasteiger partial charge in [-0.2, -0.15) is 0 Å². The molecular weight excluding hydrogens is 428 g/mol. The molecule has 1 aromatic heterocycles. The number of hydrogen-bond donors (Lipinski definition) is 1. The summed E-state index contributed by atoms with van der Waals surface area (Å²) in [5.41, 5.74) is 0.475. The first-order valence-electron chi connectivity index (χ1n) is 11.5. The van der Waals surface area contributed by atoms with Crippen molar-refractivity contribution in [2.45, 2.75) is 72.4 Å². The predicted octanol–water partition coefficient (Wildman–Crippen LogP) is 5.45. The van der Waals surface area contributed by atoms with Crippen molar-refractivity contribution < 1.29 is 14.3 Å². The van der Waals surface area contributed by atoms with Gasteiger partial charge < -0.3 is 10.1 Å². The normalized spacial score (nSPS) is 14.1. The van der Waals surface area contributed by atoms with E-state index in [2.05, 4.69) is 12.2 Å². The average Bonchev–Trinajstić information content (AvgIpc) is 3.11. The van der Waals surface area contributed by atoms with E-state index in [-0.39, 0.29) is 17.9 Å². The van der Waals surface area contributed by atoms with Crippen LogP contribution in [0.1, 0.15) is 69.6 Å². The standard InChI is InChI=1S/C24H33ClN4O3/c1-5-6-13-29(22(30)18-10-9-11-19(25)15-18)21-23(28-14-8-7-12-20(28)27-21)32-24(31)26-17(4)16(2)3/h9-11,15-17H,5-8,12-14H2,1-4H3,(H,26,31). The van der Waals surface area contributed by atoms with Crippen LogP contribution >= 0.6 is 11.6 Å². The lowest BCUT2D eigenvalue weighted by Gasteiger charge is -2.23. The summed E-state index contributed by atoms with van der Waals surface area (Å²) in [6.07, 6.45) is 3.95. The number of carbonyl (C=O) groups excluding carboxylic acids is 2. The van der Waals surface area contributed by atoms with Crippen molar-refractivity contribution in [2.75, 3.05) is 11.4 Å². The molecule has 0 aliphatic carbocycles. The van der Waals surface area contributed by atoms with Crippen molar-refractivity contribution >= 4 is 29.4 Å². The molecule has 0 saturated heterocycles. The predicted molar refractivity (Wildman–Crippen MR) is 127 cm³/mol. The molecule has 7 nitrogen and oxygen atoms in total. The number of imidazole rings is 1. The van der Waals surface area contributed by atoms with Gasteiger partial charge in [-0.3, -0.25) is 14.3 Å². The Labute approximate surface area is 195 Å². The molecule has 2 heterocycles. The molecule has 0 saturated carbocycles. The zero-order valence-corrected chi connectivity index (χ0v) is 20.1. The zero-order chi connectivity index (χ0) is 23.3. The molecule has 1 unspecified atom stereocenters. The fraction of sp³-hybridized carbons (Fsp3) is 0.542. The molecule has 2 aromatic rings. The number of unbranched alkanes of at least 4 members (excludes halogenated alkanes) is 1. The molecule has 0 fully saturated rings. The Morgan fingerprint density at radius 3 is 2.75 bits per heavy atom. The van der Waals surface area contributed by atoms with E-state index in [1.54, 1.807) is 29.2 Å². The Morgan fingerprint density at radius 2 is 2.06 bits per heavy atom. The van der Waals surface area contributed by atoms with Gasteiger partial charge in [-0.1, -0.05) is 44.9 Å². The Kier molecular flexibility index (Phi) is 8.18. The van der Waals surface area contributed by atoms with Crippen LogP contribution < -0.4 is 15.0 Å². The number of halogens is 1. The Morgan fingerprint density at radius 1 is 1.28 bits per heavy atom. The van der Waals surface area contributed by atoms with Crippen LogP contribution in [-0.2, 0) is 13.0 Å². The molecule has 1 aromatic carbocycles. The van der Waals surface area contributed by atoms with Crippen LogP contribution in [0.25, 0.3) is 0 Å². The molecular formula is C24H33ClN4O3. The largest absolute Gasteiger partial charge is 0.414 e. The summed E-state index contributed by atoms with van der Waals surface area (Å²) in [5, 5.41) is 3.37. The second-order valence-corrected chi connectivity index (χ2v) is 9.09. The summed E-state index contributed by atoms with van der Waals surface area (Å²) >= 11 is 6.13. The number of hydrogen-bond acceptors (Lipinski definition) is 4. The van der Waals surface area contributed by atoms with Gasteiger partial charge in [-0.05, 0) is 50.3 Å². The highest BCUT2D eigenvalue weighted by Crippen LogP contribution is 2.34. The molecule has 174 valence electrons. The number of amides is 2. The minimum Gasteiger partial charge on any atom is -0.389 e. The molecule has 0 bridgehead atoms. The molecule has 1 N–H and O–H groups in total. The van der Waals surface area contributed by atoms with Gasteiger partial charge in [0, 0.05) is 36.1 Å². The van der Waals surface area contributed by atoms with Crippen LogP contribution in [0.2, 0.25) is 5.02 Å². The monoisotopic (exact) mass is 460 g/mol. The van der Waals surface area contributed by atoms with Gasteiger partial charge in [0.1, 0.15) is 5.82 Å². The number of anilines is 1. The van der Waals surface area contributed by atoms with E-state index in [4.69, 9.17) is 21.3 Å². The number of nitrogens with zero attached hydrogens (tertiary/aromatic N) is 3. The summed E-state index contributed by atoms with van der Waals surface area (Å²) in [5.74, 6) is 1.63. The van der Waals surface area contributed by atoms with Crippen LogP contribution in [0.5, 0.6) is 5.88 Å². The quantitative estimate of drug-likeness (QED) is 0.568. The third kappa shape index (κ3) is 5.63. The minimum atomic E-state index is -0.536. The van der Waals surface area contributed by atoms with E-state index in [1.807, 2.05) is 25.3 Å². The third-order valence-corrected chi connectivity index (χ3v) is 6.09. The number of benzene rings is 1. The van der Waals surface area contributed by atoms with E-state index in [1.165, 1.54) is 0 Å². The fourth-order valence-electron chi connectivity index (χ4n) is 3.59. The number of carbonyl (C=O) groups is 2. The van der Waals surface area contributed by atoms with Crippen molar-refractivity contribution in [1.82, 2.24) is 14.9 Å². The Balaban J connectivity index is 1.99. The van der Waals surface area contributed by atoms with Crippen LogP contribution in [0.3, 0.4) is 0 Å². The molecule has 8 heteroatoms. The van der Waals surface area contributed by atoms with E-state index in [9.17, 15) is 9.59 Å². The first-order valence-corrected chi connectivity index (χ1v) is 11.8. The van der Waals surface area contributed by atoms with E-state index >= 15 is 0 Å². The van der Waals surface area contributed by atoms with Gasteiger partial charge in [-0.25, -0.2) is 9.78 Å². The maximum Gasteiger partial charge on any atom is 0.414 e. The van der Waals surface area contributed by atoms with Gasteiger partial charge in [0.2, 0.25) is 5.88 Å². The topological polar surface area (TPSA) is 76.5 Å². The van der Waals surface area contributed by atoms with Crippen LogP contribution in [-0.4, -0.2) is 34.1 Å². The Hall–Kier alpha value is -2.54. The smallest absolute Gasteiger partial charge is 0.389 e. The minimum absolute atomic E-state index is 0.0426. The number of aryl methyl sites for hydroxylation is 1. The van der Waals surface area contributed by atoms with Gasteiger partial charge in [0.05, 0.1) is 0 Å². The van der Waals surface area contributed by atoms with Crippen molar-refractivity contribution in [3.63, 3.8) is 0 Å². The van der Waals surface area contributed by atoms with Crippen LogP contribution in [0, 0.1) is 5.92 Å². The summed E-state index contributed by atoms with van der Waals surface area (Å²) in [4.78, 5) is 32.6. The maximum atomic E-state index is 13.5. The van der Waals surface area contributed by atoms with Crippen LogP contribution in [0.4, 0.5) is 10.6 Å². The van der Waals surface area contributed by atoms with Crippen molar-refractivity contribution in [2.24, 2.45) is 5.92 Å². The highest BCUT2D eigenvalue weighted by Gasteiger charge is 2.30. The number of aromatic nitrogens is 2. The first-order chi connectivity index (χ1) is 15.3. The molecule has 1 aliphatic heterocycles. The zero-order valence-electron chi connectivity index (χ0n) is 19.4. The number of fused-ring (bicyclic) bond motifs is 1. The van der Waals surface area contributed by atoms with E-state index < -0.39 is 6.09 Å². The maximum absolute atomic E-state index is 13.5. The molecule has 3 rings (SSSR count). The fourth-order valence-corrected chi connectivity index (χ4v) is 3.78. The summed E-state index contributed by atoms with van der Waals surface area (Å²) < 4.78 is 7.74. The van der Waals surface area contributed by atoms with Gasteiger partial charge >= 0.3 is 6.09 Å². The van der Waals surface area contributed by atoms with Gasteiger partial charge in [0.15, 0.2) is 5.82 Å². The number of ether oxygens (including phenoxy) is 1. The number of rotatable bonds is 8. The van der Waals surface area contributed by atoms with Crippen molar-refractivity contribution in [3.05, 3.63) is 40.7 Å². The summed E-state index contributed by atoms with van der Waals surface area (Å²) in [7, 11) is 0. The third-order valence-electron chi connectivity index (χ3n) is 5.86. The molecule has 32 heavy (non-hydrogen) atoms. The summed E-state index contributed by atoms with van der Waals surface area (Å²) in [6.45, 7) is 9.25. The highest BCUT2D eigenvalue weighted by atomic mass is 35.5. The SMILES string of the molecule is CCCCN(C(=O)c1cccc(Cl)c1)c1nc2n(c1OC(=O)NC(C)C(C)C)CCCC2. The lowest BCUT2D eigenvalue weighted by molar-refractivity contribution is 0.0984. The van der Waals surface area contributed by atoms with Crippen molar-refractivity contribution in [3.8, 4) is 5.88 Å². The average molecular weight is 461 g/mol. The number of nitrogens with one attached hydrogen (secondary N) is 1. The van der Waals surface area contributed by atoms with Crippen molar-refractivity contribution in [1.29, 1.82) is 0 Å². The molecule has 0 spiro atoms. The molecule has 0 radical (unpaired) electrons. The Bertz CT molecular complexity index is 957. The first kappa shape index (κ1) is 24.1. The van der Waals surface area contributed by atoms with E-state index in [0.717, 1.165) is 37.9 Å².